The third-order valence-electron chi connectivity index (χ3n) is 3.05. The van der Waals surface area contributed by atoms with Gasteiger partial charge in [-0.3, -0.25) is 4.79 Å². The lowest BCUT2D eigenvalue weighted by atomic mass is 9.69. The second kappa shape index (κ2) is 4.09. The maximum atomic E-state index is 10.6. The highest BCUT2D eigenvalue weighted by Crippen LogP contribution is 2.41. The van der Waals surface area contributed by atoms with E-state index in [4.69, 9.17) is 5.11 Å². The molecule has 1 saturated carbocycles. The van der Waals surface area contributed by atoms with Crippen molar-refractivity contribution < 1.29 is 15.0 Å². The summed E-state index contributed by atoms with van der Waals surface area (Å²) in [6.07, 6.45) is 4.06. The molecule has 3 heteroatoms. The lowest BCUT2D eigenvalue weighted by Crippen LogP contribution is -2.33. The smallest absolute Gasteiger partial charge is 0.303 e. The van der Waals surface area contributed by atoms with Crippen LogP contribution in [0.25, 0.3) is 0 Å². The van der Waals surface area contributed by atoms with Crippen LogP contribution in [0.1, 0.15) is 39.0 Å². The van der Waals surface area contributed by atoms with Gasteiger partial charge in [0.2, 0.25) is 0 Å². The van der Waals surface area contributed by atoms with Gasteiger partial charge in [-0.1, -0.05) is 19.8 Å². The molecule has 0 aromatic heterocycles. The van der Waals surface area contributed by atoms with Crippen LogP contribution in [0, 0.1) is 11.3 Å². The van der Waals surface area contributed by atoms with Crippen LogP contribution in [0.3, 0.4) is 0 Å². The number of rotatable bonds is 3. The summed E-state index contributed by atoms with van der Waals surface area (Å²) in [5, 5.41) is 18.0. The standard InChI is InChI=1S/C10H18O3/c1-8-3-2-4-10(5-8,7-11)6-9(12)13/h8,11H,2-7H2,1H3,(H,12,13)/t8-,10-/m1/s1. The summed E-state index contributed by atoms with van der Waals surface area (Å²) in [7, 11) is 0. The Morgan fingerprint density at radius 2 is 2.31 bits per heavy atom. The van der Waals surface area contributed by atoms with Gasteiger partial charge in [0.25, 0.3) is 0 Å². The number of hydrogen-bond acceptors (Lipinski definition) is 2. The fourth-order valence-electron chi connectivity index (χ4n) is 2.45. The number of carboxylic acids is 1. The first-order chi connectivity index (χ1) is 6.08. The summed E-state index contributed by atoms with van der Waals surface area (Å²) in [5.41, 5.74) is -0.330. The molecule has 2 N–H and O–H groups in total. The van der Waals surface area contributed by atoms with Gasteiger partial charge in [-0.25, -0.2) is 0 Å². The van der Waals surface area contributed by atoms with E-state index in [2.05, 4.69) is 6.92 Å². The molecule has 0 unspecified atom stereocenters. The molecule has 0 aromatic carbocycles. The van der Waals surface area contributed by atoms with E-state index in [1.165, 1.54) is 6.42 Å². The molecule has 1 fully saturated rings. The van der Waals surface area contributed by atoms with Gasteiger partial charge in [0.15, 0.2) is 0 Å². The SMILES string of the molecule is C[C@@H]1CCC[C@](CO)(CC(=O)O)C1. The van der Waals surface area contributed by atoms with E-state index in [9.17, 15) is 9.90 Å². The molecule has 0 aromatic rings. The Hall–Kier alpha value is -0.570. The number of carboxylic acid groups (broad SMARTS) is 1. The molecular formula is C10H18O3. The summed E-state index contributed by atoms with van der Waals surface area (Å²) in [4.78, 5) is 10.6. The first kappa shape index (κ1) is 10.5. The molecule has 1 aliphatic carbocycles. The Labute approximate surface area is 78.8 Å². The number of hydrogen-bond donors (Lipinski definition) is 2. The third-order valence-corrected chi connectivity index (χ3v) is 3.05. The minimum atomic E-state index is -0.789. The monoisotopic (exact) mass is 186 g/mol. The van der Waals surface area contributed by atoms with E-state index in [0.717, 1.165) is 19.3 Å². The van der Waals surface area contributed by atoms with Crippen molar-refractivity contribution in [3.8, 4) is 0 Å². The highest BCUT2D eigenvalue weighted by atomic mass is 16.4. The fourth-order valence-corrected chi connectivity index (χ4v) is 2.45. The summed E-state index contributed by atoms with van der Waals surface area (Å²) in [5.74, 6) is -0.233. The van der Waals surface area contributed by atoms with Crippen molar-refractivity contribution >= 4 is 5.97 Å². The van der Waals surface area contributed by atoms with Crippen LogP contribution in [-0.4, -0.2) is 22.8 Å². The van der Waals surface area contributed by atoms with Gasteiger partial charge in [-0.15, -0.1) is 0 Å². The minimum Gasteiger partial charge on any atom is -0.481 e. The molecule has 0 saturated heterocycles. The summed E-state index contributed by atoms with van der Waals surface area (Å²) in [6, 6.07) is 0. The van der Waals surface area contributed by atoms with Crippen molar-refractivity contribution in [1.82, 2.24) is 0 Å². The molecule has 0 aliphatic heterocycles. The van der Waals surface area contributed by atoms with Crippen molar-refractivity contribution in [2.45, 2.75) is 39.0 Å². The van der Waals surface area contributed by atoms with Crippen molar-refractivity contribution in [2.24, 2.45) is 11.3 Å². The highest BCUT2D eigenvalue weighted by molar-refractivity contribution is 5.67. The van der Waals surface area contributed by atoms with Gasteiger partial charge < -0.3 is 10.2 Å². The van der Waals surface area contributed by atoms with Gasteiger partial charge in [0, 0.05) is 12.0 Å². The zero-order valence-corrected chi connectivity index (χ0v) is 8.12. The van der Waals surface area contributed by atoms with E-state index in [1.54, 1.807) is 0 Å². The van der Waals surface area contributed by atoms with Gasteiger partial charge >= 0.3 is 5.97 Å². The zero-order valence-electron chi connectivity index (χ0n) is 8.12. The highest BCUT2D eigenvalue weighted by Gasteiger charge is 2.36. The Kier molecular flexibility index (Phi) is 3.31. The second-order valence-corrected chi connectivity index (χ2v) is 4.43. The van der Waals surface area contributed by atoms with Gasteiger partial charge in [0.1, 0.15) is 0 Å². The van der Waals surface area contributed by atoms with Crippen molar-refractivity contribution in [2.75, 3.05) is 6.61 Å². The van der Waals surface area contributed by atoms with Gasteiger partial charge in [-0.05, 0) is 18.8 Å². The van der Waals surface area contributed by atoms with Crippen LogP contribution < -0.4 is 0 Å². The molecule has 0 spiro atoms. The third kappa shape index (κ3) is 2.69. The predicted octanol–water partition coefficient (Wildman–Crippen LogP) is 1.65. The molecule has 0 heterocycles. The van der Waals surface area contributed by atoms with Crippen LogP contribution in [0.4, 0.5) is 0 Å². The van der Waals surface area contributed by atoms with Crippen LogP contribution in [0.15, 0.2) is 0 Å². The Morgan fingerprint density at radius 1 is 1.62 bits per heavy atom. The molecule has 0 amide bonds. The number of aliphatic carboxylic acids is 1. The van der Waals surface area contributed by atoms with Gasteiger partial charge in [-0.2, -0.15) is 0 Å². The van der Waals surface area contributed by atoms with E-state index in [0.29, 0.717) is 5.92 Å². The zero-order chi connectivity index (χ0) is 9.90. The average Bonchev–Trinajstić information content (AvgIpc) is 2.03. The van der Waals surface area contributed by atoms with E-state index in [-0.39, 0.29) is 18.4 Å². The van der Waals surface area contributed by atoms with E-state index < -0.39 is 5.97 Å². The summed E-state index contributed by atoms with van der Waals surface area (Å²) >= 11 is 0. The first-order valence-corrected chi connectivity index (χ1v) is 4.91. The second-order valence-electron chi connectivity index (χ2n) is 4.43. The van der Waals surface area contributed by atoms with Crippen LogP contribution in [-0.2, 0) is 4.79 Å². The normalized spacial score (nSPS) is 34.5. The quantitative estimate of drug-likeness (QED) is 0.704. The first-order valence-electron chi connectivity index (χ1n) is 4.91. The number of carbonyl (C=O) groups is 1. The molecule has 76 valence electrons. The lowest BCUT2D eigenvalue weighted by Gasteiger charge is -2.37. The van der Waals surface area contributed by atoms with Crippen molar-refractivity contribution in [3.63, 3.8) is 0 Å². The molecule has 3 nitrogen and oxygen atoms in total. The largest absolute Gasteiger partial charge is 0.481 e. The topological polar surface area (TPSA) is 57.5 Å². The summed E-state index contributed by atoms with van der Waals surface area (Å²) in [6.45, 7) is 2.15. The minimum absolute atomic E-state index is 0.0175. The molecule has 1 aliphatic rings. The molecule has 13 heavy (non-hydrogen) atoms. The maximum absolute atomic E-state index is 10.6. The van der Waals surface area contributed by atoms with E-state index in [1.807, 2.05) is 0 Å². The number of aliphatic hydroxyl groups excluding tert-OH is 1. The van der Waals surface area contributed by atoms with Crippen LogP contribution in [0.2, 0.25) is 0 Å². The fraction of sp³-hybridized carbons (Fsp3) is 0.900. The van der Waals surface area contributed by atoms with Crippen LogP contribution >= 0.6 is 0 Å². The summed E-state index contributed by atoms with van der Waals surface area (Å²) < 4.78 is 0. The molecule has 1 rings (SSSR count). The number of aliphatic hydroxyl groups is 1. The van der Waals surface area contributed by atoms with Gasteiger partial charge in [0.05, 0.1) is 6.42 Å². The molecular weight excluding hydrogens is 168 g/mol. The molecule has 0 radical (unpaired) electrons. The average molecular weight is 186 g/mol. The molecule has 2 atom stereocenters. The molecule has 0 bridgehead atoms. The van der Waals surface area contributed by atoms with E-state index >= 15 is 0 Å². The Balaban J connectivity index is 2.61. The Bertz CT molecular complexity index is 191. The lowest BCUT2D eigenvalue weighted by molar-refractivity contribution is -0.141. The van der Waals surface area contributed by atoms with Crippen LogP contribution in [0.5, 0.6) is 0 Å². The Morgan fingerprint density at radius 3 is 2.77 bits per heavy atom. The van der Waals surface area contributed by atoms with Crippen molar-refractivity contribution in [3.05, 3.63) is 0 Å². The van der Waals surface area contributed by atoms with Crippen molar-refractivity contribution in [1.29, 1.82) is 0 Å². The predicted molar refractivity (Wildman–Crippen MR) is 49.4 cm³/mol. The maximum Gasteiger partial charge on any atom is 0.303 e.